The normalized spacial score (nSPS) is 11.9. The van der Waals surface area contributed by atoms with Gasteiger partial charge in [-0.3, -0.25) is 4.79 Å². The van der Waals surface area contributed by atoms with Crippen molar-refractivity contribution in [1.82, 2.24) is 0 Å². The molecule has 1 atom stereocenters. The molecule has 3 nitrogen and oxygen atoms in total. The summed E-state index contributed by atoms with van der Waals surface area (Å²) >= 11 is 3.44. The quantitative estimate of drug-likeness (QED) is 0.911. The second kappa shape index (κ2) is 5.99. The van der Waals surface area contributed by atoms with Gasteiger partial charge in [0.1, 0.15) is 6.04 Å². The molecule has 19 heavy (non-hydrogen) atoms. The summed E-state index contributed by atoms with van der Waals surface area (Å²) in [5.41, 5.74) is 8.57. The predicted octanol–water partition coefficient (Wildman–Crippen LogP) is 3.40. The molecule has 0 saturated carbocycles. The van der Waals surface area contributed by atoms with Crippen molar-refractivity contribution in [3.63, 3.8) is 0 Å². The van der Waals surface area contributed by atoms with Gasteiger partial charge in [-0.1, -0.05) is 52.3 Å². The molecule has 0 saturated heterocycles. The number of anilines is 1. The number of hydrogen-bond acceptors (Lipinski definition) is 2. The number of nitrogens with one attached hydrogen (secondary N) is 1. The van der Waals surface area contributed by atoms with Crippen LogP contribution in [0.15, 0.2) is 53.0 Å². The van der Waals surface area contributed by atoms with E-state index in [2.05, 4.69) is 21.2 Å². The lowest BCUT2D eigenvalue weighted by Gasteiger charge is -2.13. The fourth-order valence-electron chi connectivity index (χ4n) is 1.70. The molecule has 0 aliphatic heterocycles. The molecule has 2 rings (SSSR count). The molecule has 2 aromatic rings. The molecular weight excluding hydrogens is 304 g/mol. The number of halogens is 1. The van der Waals surface area contributed by atoms with Crippen LogP contribution in [-0.2, 0) is 4.79 Å². The molecule has 0 aliphatic rings. The predicted molar refractivity (Wildman–Crippen MR) is 80.9 cm³/mol. The van der Waals surface area contributed by atoms with Crippen LogP contribution in [0.3, 0.4) is 0 Å². The van der Waals surface area contributed by atoms with Crippen LogP contribution in [0.2, 0.25) is 0 Å². The van der Waals surface area contributed by atoms with Gasteiger partial charge in [-0.25, -0.2) is 0 Å². The van der Waals surface area contributed by atoms with Crippen molar-refractivity contribution in [3.8, 4) is 0 Å². The maximum Gasteiger partial charge on any atom is 0.245 e. The van der Waals surface area contributed by atoms with E-state index in [1.807, 2.05) is 55.5 Å². The number of aryl methyl sites for hydroxylation is 1. The van der Waals surface area contributed by atoms with Crippen molar-refractivity contribution in [2.45, 2.75) is 13.0 Å². The Morgan fingerprint density at radius 2 is 1.89 bits per heavy atom. The molecule has 0 aliphatic carbocycles. The van der Waals surface area contributed by atoms with E-state index in [0.717, 1.165) is 21.3 Å². The minimum absolute atomic E-state index is 0.220. The molecule has 98 valence electrons. The first-order valence-corrected chi connectivity index (χ1v) is 6.75. The number of carbonyl (C=O) groups excluding carboxylic acids is 1. The van der Waals surface area contributed by atoms with Gasteiger partial charge in [0.2, 0.25) is 5.91 Å². The zero-order chi connectivity index (χ0) is 13.8. The molecule has 0 spiro atoms. The average Bonchev–Trinajstić information content (AvgIpc) is 2.43. The number of carbonyl (C=O) groups is 1. The number of benzene rings is 2. The van der Waals surface area contributed by atoms with Crippen molar-refractivity contribution in [1.29, 1.82) is 0 Å². The summed E-state index contributed by atoms with van der Waals surface area (Å²) in [5.74, 6) is -0.220. The van der Waals surface area contributed by atoms with E-state index in [4.69, 9.17) is 5.73 Å². The van der Waals surface area contributed by atoms with Crippen LogP contribution in [-0.4, -0.2) is 5.91 Å². The van der Waals surface area contributed by atoms with Crippen LogP contribution >= 0.6 is 15.9 Å². The molecule has 1 unspecified atom stereocenters. The Morgan fingerprint density at radius 3 is 2.53 bits per heavy atom. The molecule has 0 bridgehead atoms. The van der Waals surface area contributed by atoms with E-state index >= 15 is 0 Å². The van der Waals surface area contributed by atoms with Crippen LogP contribution in [0.5, 0.6) is 0 Å². The Bertz CT molecular complexity index is 584. The fourth-order valence-corrected chi connectivity index (χ4v) is 2.08. The van der Waals surface area contributed by atoms with Gasteiger partial charge in [-0.2, -0.15) is 0 Å². The lowest BCUT2D eigenvalue weighted by molar-refractivity contribution is -0.117. The second-order valence-corrected chi connectivity index (χ2v) is 5.20. The lowest BCUT2D eigenvalue weighted by Crippen LogP contribution is -2.27. The van der Waals surface area contributed by atoms with Crippen molar-refractivity contribution in [3.05, 3.63) is 64.1 Å². The Morgan fingerprint density at radius 1 is 1.21 bits per heavy atom. The summed E-state index contributed by atoms with van der Waals surface area (Å²) in [6.07, 6.45) is 0. The topological polar surface area (TPSA) is 55.1 Å². The monoisotopic (exact) mass is 318 g/mol. The summed E-state index contributed by atoms with van der Waals surface area (Å²) in [7, 11) is 0. The molecule has 0 radical (unpaired) electrons. The van der Waals surface area contributed by atoms with Gasteiger partial charge < -0.3 is 11.1 Å². The zero-order valence-electron chi connectivity index (χ0n) is 10.6. The summed E-state index contributed by atoms with van der Waals surface area (Å²) in [6, 6.07) is 14.3. The van der Waals surface area contributed by atoms with Crippen molar-refractivity contribution in [2.24, 2.45) is 5.73 Å². The van der Waals surface area contributed by atoms with Gasteiger partial charge >= 0.3 is 0 Å². The Kier molecular flexibility index (Phi) is 4.35. The van der Waals surface area contributed by atoms with Gasteiger partial charge in [-0.15, -0.1) is 0 Å². The maximum absolute atomic E-state index is 12.1. The van der Waals surface area contributed by atoms with E-state index in [9.17, 15) is 4.79 Å². The highest BCUT2D eigenvalue weighted by atomic mass is 79.9. The van der Waals surface area contributed by atoms with Crippen LogP contribution in [0, 0.1) is 6.92 Å². The first-order valence-electron chi connectivity index (χ1n) is 5.95. The van der Waals surface area contributed by atoms with Crippen molar-refractivity contribution < 1.29 is 4.79 Å². The molecule has 0 fully saturated rings. The molecule has 2 aromatic carbocycles. The van der Waals surface area contributed by atoms with E-state index in [0.29, 0.717) is 0 Å². The van der Waals surface area contributed by atoms with E-state index < -0.39 is 6.04 Å². The van der Waals surface area contributed by atoms with E-state index in [1.54, 1.807) is 0 Å². The smallest absolute Gasteiger partial charge is 0.245 e. The van der Waals surface area contributed by atoms with Gasteiger partial charge in [-0.05, 0) is 30.2 Å². The lowest BCUT2D eigenvalue weighted by atomic mass is 10.1. The molecule has 4 heteroatoms. The first-order chi connectivity index (χ1) is 9.08. The molecule has 1 amide bonds. The SMILES string of the molecule is Cc1ccc(NC(=O)C(N)c2ccccc2)cc1Br. The summed E-state index contributed by atoms with van der Waals surface area (Å²) in [5, 5.41) is 2.81. The largest absolute Gasteiger partial charge is 0.324 e. The van der Waals surface area contributed by atoms with Gasteiger partial charge in [0.25, 0.3) is 0 Å². The van der Waals surface area contributed by atoms with Crippen molar-refractivity contribution >= 4 is 27.5 Å². The third-order valence-electron chi connectivity index (χ3n) is 2.88. The standard InChI is InChI=1S/C15H15BrN2O/c1-10-7-8-12(9-13(10)16)18-15(19)14(17)11-5-3-2-4-6-11/h2-9,14H,17H2,1H3,(H,18,19). The zero-order valence-corrected chi connectivity index (χ0v) is 12.1. The summed E-state index contributed by atoms with van der Waals surface area (Å²) in [4.78, 5) is 12.1. The van der Waals surface area contributed by atoms with Crippen LogP contribution in [0.25, 0.3) is 0 Å². The molecule has 0 aromatic heterocycles. The van der Waals surface area contributed by atoms with Gasteiger partial charge in [0.15, 0.2) is 0 Å². The molecule has 3 N–H and O–H groups in total. The Labute approximate surface area is 121 Å². The molecule has 0 heterocycles. The first kappa shape index (κ1) is 13.8. The summed E-state index contributed by atoms with van der Waals surface area (Å²) < 4.78 is 0.957. The number of amides is 1. The Balaban J connectivity index is 2.10. The molecular formula is C15H15BrN2O. The average molecular weight is 319 g/mol. The number of hydrogen-bond donors (Lipinski definition) is 2. The van der Waals surface area contributed by atoms with Crippen molar-refractivity contribution in [2.75, 3.05) is 5.32 Å². The highest BCUT2D eigenvalue weighted by Gasteiger charge is 2.15. The second-order valence-electron chi connectivity index (χ2n) is 4.34. The van der Waals surface area contributed by atoms with Gasteiger partial charge in [0.05, 0.1) is 0 Å². The van der Waals surface area contributed by atoms with Crippen LogP contribution in [0.1, 0.15) is 17.2 Å². The Hall–Kier alpha value is -1.65. The fraction of sp³-hybridized carbons (Fsp3) is 0.133. The van der Waals surface area contributed by atoms with E-state index in [-0.39, 0.29) is 5.91 Å². The minimum atomic E-state index is -0.665. The van der Waals surface area contributed by atoms with Crippen LogP contribution < -0.4 is 11.1 Å². The summed E-state index contributed by atoms with van der Waals surface area (Å²) in [6.45, 7) is 1.99. The van der Waals surface area contributed by atoms with Crippen LogP contribution in [0.4, 0.5) is 5.69 Å². The number of nitrogens with two attached hydrogens (primary N) is 1. The number of rotatable bonds is 3. The minimum Gasteiger partial charge on any atom is -0.324 e. The highest BCUT2D eigenvalue weighted by Crippen LogP contribution is 2.21. The third kappa shape index (κ3) is 3.43. The maximum atomic E-state index is 12.1. The highest BCUT2D eigenvalue weighted by molar-refractivity contribution is 9.10. The van der Waals surface area contributed by atoms with Gasteiger partial charge in [0, 0.05) is 10.2 Å². The third-order valence-corrected chi connectivity index (χ3v) is 3.73. The van der Waals surface area contributed by atoms with E-state index in [1.165, 1.54) is 0 Å².